The number of nitrogens with one attached hydrogen (secondary N) is 1. The summed E-state index contributed by atoms with van der Waals surface area (Å²) in [6, 6.07) is 4.29. The first-order valence-corrected chi connectivity index (χ1v) is 10.4. The van der Waals surface area contributed by atoms with Crippen LogP contribution in [0.5, 0.6) is 5.75 Å². The zero-order valence-electron chi connectivity index (χ0n) is 16.2. The van der Waals surface area contributed by atoms with Crippen LogP contribution in [0.15, 0.2) is 24.5 Å². The Kier molecular flexibility index (Phi) is 5.47. The van der Waals surface area contributed by atoms with Crippen molar-refractivity contribution in [2.24, 2.45) is 0 Å². The summed E-state index contributed by atoms with van der Waals surface area (Å²) >= 11 is 1.33. The van der Waals surface area contributed by atoms with E-state index in [1.165, 1.54) is 36.7 Å². The van der Waals surface area contributed by atoms with Crippen molar-refractivity contribution in [2.75, 3.05) is 5.32 Å². The molecule has 0 spiro atoms. The van der Waals surface area contributed by atoms with E-state index in [-0.39, 0.29) is 11.9 Å². The van der Waals surface area contributed by atoms with Crippen molar-refractivity contribution in [2.45, 2.75) is 51.7 Å². The second-order valence-electron chi connectivity index (χ2n) is 7.34. The first-order chi connectivity index (χ1) is 13.9. The average Bonchev–Trinajstić information content (AvgIpc) is 3.02. The molecule has 0 bridgehead atoms. The molecule has 1 aromatic carbocycles. The summed E-state index contributed by atoms with van der Waals surface area (Å²) in [5.74, 6) is 0.491. The minimum Gasteiger partial charge on any atom is -0.488 e. The van der Waals surface area contributed by atoms with E-state index < -0.39 is 11.9 Å². The number of halogens is 1. The van der Waals surface area contributed by atoms with Crippen LogP contribution in [0.3, 0.4) is 0 Å². The van der Waals surface area contributed by atoms with E-state index in [9.17, 15) is 14.3 Å². The molecule has 1 saturated carbocycles. The Morgan fingerprint density at radius 2 is 2.17 bits per heavy atom. The smallest absolute Gasteiger partial charge is 0.170 e. The Bertz CT molecular complexity index is 1070. The van der Waals surface area contributed by atoms with E-state index in [1.54, 1.807) is 6.07 Å². The minimum atomic E-state index is -0.402. The second-order valence-corrected chi connectivity index (χ2v) is 8.34. The zero-order valence-corrected chi connectivity index (χ0v) is 17.1. The number of thiophene rings is 1. The van der Waals surface area contributed by atoms with E-state index in [2.05, 4.69) is 15.3 Å². The van der Waals surface area contributed by atoms with Gasteiger partial charge in [0.1, 0.15) is 34.6 Å². The molecule has 29 heavy (non-hydrogen) atoms. The van der Waals surface area contributed by atoms with Crippen LogP contribution in [0, 0.1) is 12.7 Å². The van der Waals surface area contributed by atoms with E-state index in [4.69, 9.17) is 4.74 Å². The molecule has 2 N–H and O–H groups in total. The van der Waals surface area contributed by atoms with Crippen molar-refractivity contribution in [3.8, 4) is 5.75 Å². The van der Waals surface area contributed by atoms with Gasteiger partial charge in [0.2, 0.25) is 0 Å². The number of aliphatic hydroxyl groups excluding tert-OH is 1. The molecular formula is C21H22FN3O3S. The molecule has 2 aromatic heterocycles. The number of fused-ring (bicyclic) bond motifs is 1. The SMILES string of the molecule is CC(=O)c1sc2ncnc(Nc3ccc(F)cc3O[C@@H]3CCC[C@H](O)C3)c2c1C. The number of ketones is 1. The molecule has 152 valence electrons. The van der Waals surface area contributed by atoms with Gasteiger partial charge in [0.25, 0.3) is 0 Å². The molecule has 0 unspecified atom stereocenters. The Morgan fingerprint density at radius 3 is 2.93 bits per heavy atom. The van der Waals surface area contributed by atoms with Gasteiger partial charge in [-0.2, -0.15) is 0 Å². The Balaban J connectivity index is 1.69. The van der Waals surface area contributed by atoms with Crippen LogP contribution in [0.4, 0.5) is 15.9 Å². The molecule has 0 saturated heterocycles. The maximum Gasteiger partial charge on any atom is 0.170 e. The molecule has 2 heterocycles. The highest BCUT2D eigenvalue weighted by atomic mass is 32.1. The number of carbonyl (C=O) groups is 1. The lowest BCUT2D eigenvalue weighted by atomic mass is 9.95. The molecule has 6 nitrogen and oxygen atoms in total. The van der Waals surface area contributed by atoms with Gasteiger partial charge in [0.15, 0.2) is 5.78 Å². The lowest BCUT2D eigenvalue weighted by molar-refractivity contribution is 0.0538. The molecule has 0 aliphatic heterocycles. The average molecular weight is 415 g/mol. The maximum absolute atomic E-state index is 13.9. The molecule has 3 aromatic rings. The number of anilines is 2. The van der Waals surface area contributed by atoms with E-state index in [0.29, 0.717) is 33.4 Å². The van der Waals surface area contributed by atoms with Crippen LogP contribution < -0.4 is 10.1 Å². The number of rotatable bonds is 5. The van der Waals surface area contributed by atoms with Crippen molar-refractivity contribution in [1.29, 1.82) is 0 Å². The van der Waals surface area contributed by atoms with Gasteiger partial charge in [-0.25, -0.2) is 14.4 Å². The van der Waals surface area contributed by atoms with Gasteiger partial charge < -0.3 is 15.2 Å². The van der Waals surface area contributed by atoms with E-state index >= 15 is 0 Å². The molecule has 1 aliphatic rings. The van der Waals surface area contributed by atoms with E-state index in [1.807, 2.05) is 6.92 Å². The number of aromatic nitrogens is 2. The monoisotopic (exact) mass is 415 g/mol. The molecule has 8 heteroatoms. The van der Waals surface area contributed by atoms with Crippen molar-refractivity contribution in [1.82, 2.24) is 9.97 Å². The number of carbonyl (C=O) groups excluding carboxylic acids is 1. The van der Waals surface area contributed by atoms with Crippen LogP contribution in [0.2, 0.25) is 0 Å². The number of Topliss-reactive ketones (excluding diaryl/α,β-unsaturated/α-hetero) is 1. The van der Waals surface area contributed by atoms with Gasteiger partial charge >= 0.3 is 0 Å². The van der Waals surface area contributed by atoms with Crippen LogP contribution in [0.1, 0.15) is 47.8 Å². The third-order valence-corrected chi connectivity index (χ3v) is 6.44. The van der Waals surface area contributed by atoms with Crippen molar-refractivity contribution < 1.29 is 19.0 Å². The first-order valence-electron chi connectivity index (χ1n) is 9.58. The Morgan fingerprint density at radius 1 is 1.34 bits per heavy atom. The fraction of sp³-hybridized carbons (Fsp3) is 0.381. The fourth-order valence-corrected chi connectivity index (χ4v) is 4.78. The lowest BCUT2D eigenvalue weighted by Crippen LogP contribution is -2.28. The Hall–Kier alpha value is -2.58. The molecule has 2 atom stereocenters. The number of aliphatic hydroxyl groups is 1. The minimum absolute atomic E-state index is 0.0156. The summed E-state index contributed by atoms with van der Waals surface area (Å²) in [5, 5.41) is 13.9. The quantitative estimate of drug-likeness (QED) is 0.584. The van der Waals surface area contributed by atoms with Crippen LogP contribution in [0.25, 0.3) is 10.2 Å². The van der Waals surface area contributed by atoms with Gasteiger partial charge in [-0.05, 0) is 50.8 Å². The summed E-state index contributed by atoms with van der Waals surface area (Å²) < 4.78 is 19.9. The van der Waals surface area contributed by atoms with Crippen molar-refractivity contribution in [3.63, 3.8) is 0 Å². The Labute approximate surface area is 171 Å². The normalized spacial score (nSPS) is 19.3. The summed E-state index contributed by atoms with van der Waals surface area (Å²) in [5.41, 5.74) is 1.39. The third kappa shape index (κ3) is 4.09. The molecule has 0 radical (unpaired) electrons. The highest BCUT2D eigenvalue weighted by Gasteiger charge is 2.23. The molecule has 1 aliphatic carbocycles. The van der Waals surface area contributed by atoms with Gasteiger partial charge in [0, 0.05) is 12.5 Å². The summed E-state index contributed by atoms with van der Waals surface area (Å²) in [6.45, 7) is 3.40. The number of benzene rings is 1. The first kappa shape index (κ1) is 19.7. The van der Waals surface area contributed by atoms with Crippen molar-refractivity contribution in [3.05, 3.63) is 40.8 Å². The number of aryl methyl sites for hydroxylation is 1. The van der Waals surface area contributed by atoms with Crippen LogP contribution in [-0.2, 0) is 0 Å². The lowest BCUT2D eigenvalue weighted by Gasteiger charge is -2.27. The van der Waals surface area contributed by atoms with E-state index in [0.717, 1.165) is 30.2 Å². The number of ether oxygens (including phenoxy) is 1. The van der Waals surface area contributed by atoms with Crippen molar-refractivity contribution >= 4 is 38.8 Å². The number of hydrogen-bond donors (Lipinski definition) is 2. The zero-order chi connectivity index (χ0) is 20.5. The number of nitrogens with zero attached hydrogens (tertiary/aromatic N) is 2. The second kappa shape index (κ2) is 8.04. The third-order valence-electron chi connectivity index (χ3n) is 5.14. The largest absolute Gasteiger partial charge is 0.488 e. The molecule has 0 amide bonds. The highest BCUT2D eigenvalue weighted by molar-refractivity contribution is 7.20. The summed E-state index contributed by atoms with van der Waals surface area (Å²) in [4.78, 5) is 21.9. The fourth-order valence-electron chi connectivity index (χ4n) is 3.73. The highest BCUT2D eigenvalue weighted by Crippen LogP contribution is 2.37. The van der Waals surface area contributed by atoms with Gasteiger partial charge in [-0.15, -0.1) is 11.3 Å². The summed E-state index contributed by atoms with van der Waals surface area (Å²) in [7, 11) is 0. The predicted molar refractivity (Wildman–Crippen MR) is 111 cm³/mol. The van der Waals surface area contributed by atoms with Crippen LogP contribution in [-0.4, -0.2) is 33.1 Å². The van der Waals surface area contributed by atoms with Gasteiger partial charge in [-0.3, -0.25) is 4.79 Å². The van der Waals surface area contributed by atoms with Gasteiger partial charge in [-0.1, -0.05) is 0 Å². The maximum atomic E-state index is 13.9. The molecule has 4 rings (SSSR count). The summed E-state index contributed by atoms with van der Waals surface area (Å²) in [6.07, 6.45) is 3.86. The molecular weight excluding hydrogens is 393 g/mol. The predicted octanol–water partition coefficient (Wildman–Crippen LogP) is 4.77. The molecule has 1 fully saturated rings. The van der Waals surface area contributed by atoms with Crippen LogP contribution >= 0.6 is 11.3 Å². The number of hydrogen-bond acceptors (Lipinski definition) is 7. The standard InChI is InChI=1S/C21H22FN3O3S/c1-11-18-20(23-10-24-21(18)29-19(11)12(2)26)25-16-7-6-13(22)8-17(16)28-15-5-3-4-14(27)9-15/h6-8,10,14-15,27H,3-5,9H2,1-2H3,(H,23,24,25)/t14-,15+/m0/s1. The topological polar surface area (TPSA) is 84.3 Å². The van der Waals surface area contributed by atoms with Gasteiger partial charge in [0.05, 0.1) is 22.1 Å².